The topological polar surface area (TPSA) is 43.4 Å². The van der Waals surface area contributed by atoms with E-state index in [1.807, 2.05) is 0 Å². The summed E-state index contributed by atoms with van der Waals surface area (Å²) in [5, 5.41) is 0. The lowest BCUT2D eigenvalue weighted by Gasteiger charge is -2.24. The van der Waals surface area contributed by atoms with E-state index in [0.29, 0.717) is 18.6 Å². The summed E-state index contributed by atoms with van der Waals surface area (Å²) in [7, 11) is 0. The SMILES string of the molecule is O=C1CCCC(C2C=CC(=O)O2)C1. The Hall–Kier alpha value is -1.12. The minimum atomic E-state index is -0.275. The van der Waals surface area contributed by atoms with Crippen LogP contribution >= 0.6 is 0 Å². The molecular weight excluding hydrogens is 168 g/mol. The first-order valence-corrected chi connectivity index (χ1v) is 4.66. The van der Waals surface area contributed by atoms with Crippen LogP contribution in [0.4, 0.5) is 0 Å². The van der Waals surface area contributed by atoms with Crippen molar-refractivity contribution in [1.29, 1.82) is 0 Å². The largest absolute Gasteiger partial charge is 0.455 e. The molecule has 2 unspecified atom stereocenters. The molecule has 1 aliphatic heterocycles. The Labute approximate surface area is 76.8 Å². The predicted octanol–water partition coefficient (Wildman–Crippen LogP) is 1.23. The third-order valence-electron chi connectivity index (χ3n) is 2.66. The van der Waals surface area contributed by atoms with E-state index in [1.54, 1.807) is 6.08 Å². The zero-order valence-corrected chi connectivity index (χ0v) is 7.36. The number of hydrogen-bond acceptors (Lipinski definition) is 3. The van der Waals surface area contributed by atoms with Gasteiger partial charge in [-0.2, -0.15) is 0 Å². The van der Waals surface area contributed by atoms with E-state index >= 15 is 0 Å². The van der Waals surface area contributed by atoms with Crippen molar-refractivity contribution in [1.82, 2.24) is 0 Å². The van der Waals surface area contributed by atoms with Crippen LogP contribution in [0, 0.1) is 5.92 Å². The van der Waals surface area contributed by atoms with Gasteiger partial charge >= 0.3 is 5.97 Å². The van der Waals surface area contributed by atoms with Crippen molar-refractivity contribution < 1.29 is 14.3 Å². The van der Waals surface area contributed by atoms with Gasteiger partial charge in [0.25, 0.3) is 0 Å². The van der Waals surface area contributed by atoms with Crippen LogP contribution in [0.25, 0.3) is 0 Å². The number of cyclic esters (lactones) is 1. The first-order chi connectivity index (χ1) is 6.25. The van der Waals surface area contributed by atoms with Gasteiger partial charge in [0.15, 0.2) is 0 Å². The number of rotatable bonds is 1. The van der Waals surface area contributed by atoms with Crippen molar-refractivity contribution in [3.05, 3.63) is 12.2 Å². The van der Waals surface area contributed by atoms with E-state index in [-0.39, 0.29) is 18.0 Å². The zero-order chi connectivity index (χ0) is 9.26. The summed E-state index contributed by atoms with van der Waals surface area (Å²) < 4.78 is 5.05. The van der Waals surface area contributed by atoms with Crippen LogP contribution in [0.2, 0.25) is 0 Å². The van der Waals surface area contributed by atoms with Crippen molar-refractivity contribution in [2.24, 2.45) is 5.92 Å². The standard InChI is InChI=1S/C10H12O3/c11-8-3-1-2-7(6-8)9-4-5-10(12)13-9/h4-5,7,9H,1-3,6H2. The smallest absolute Gasteiger partial charge is 0.331 e. The van der Waals surface area contributed by atoms with E-state index in [9.17, 15) is 9.59 Å². The van der Waals surface area contributed by atoms with Crippen molar-refractivity contribution in [2.45, 2.75) is 31.8 Å². The normalized spacial score (nSPS) is 33.5. The highest BCUT2D eigenvalue weighted by Crippen LogP contribution is 2.28. The van der Waals surface area contributed by atoms with Crippen LogP contribution in [0.3, 0.4) is 0 Å². The molecule has 70 valence electrons. The van der Waals surface area contributed by atoms with E-state index in [0.717, 1.165) is 12.8 Å². The van der Waals surface area contributed by atoms with Crippen LogP contribution in [-0.4, -0.2) is 17.9 Å². The van der Waals surface area contributed by atoms with Crippen LogP contribution < -0.4 is 0 Å². The van der Waals surface area contributed by atoms with Crippen LogP contribution in [0.1, 0.15) is 25.7 Å². The molecule has 0 saturated heterocycles. The summed E-state index contributed by atoms with van der Waals surface area (Å²) in [6, 6.07) is 0. The molecule has 2 atom stereocenters. The Morgan fingerprint density at radius 1 is 1.38 bits per heavy atom. The van der Waals surface area contributed by atoms with E-state index < -0.39 is 0 Å². The number of esters is 1. The summed E-state index contributed by atoms with van der Waals surface area (Å²) in [5.74, 6) is 0.250. The summed E-state index contributed by atoms with van der Waals surface area (Å²) in [6.07, 6.45) is 6.27. The summed E-state index contributed by atoms with van der Waals surface area (Å²) in [5.41, 5.74) is 0. The van der Waals surface area contributed by atoms with Gasteiger partial charge in [0.1, 0.15) is 11.9 Å². The molecular formula is C10H12O3. The molecule has 0 aromatic carbocycles. The molecule has 0 bridgehead atoms. The van der Waals surface area contributed by atoms with Gasteiger partial charge in [-0.15, -0.1) is 0 Å². The maximum absolute atomic E-state index is 11.1. The number of carbonyl (C=O) groups is 2. The second-order valence-electron chi connectivity index (χ2n) is 3.66. The second kappa shape index (κ2) is 3.32. The highest BCUT2D eigenvalue weighted by Gasteiger charge is 2.30. The van der Waals surface area contributed by atoms with Gasteiger partial charge in [0, 0.05) is 24.8 Å². The molecule has 3 heteroatoms. The van der Waals surface area contributed by atoms with E-state index in [2.05, 4.69) is 0 Å². The number of ketones is 1. The maximum Gasteiger partial charge on any atom is 0.331 e. The fourth-order valence-electron chi connectivity index (χ4n) is 1.98. The summed E-state index contributed by atoms with van der Waals surface area (Å²) >= 11 is 0. The Bertz CT molecular complexity index is 267. The van der Waals surface area contributed by atoms with Gasteiger partial charge in [-0.1, -0.05) is 0 Å². The highest BCUT2D eigenvalue weighted by atomic mass is 16.5. The minimum absolute atomic E-state index is 0.142. The zero-order valence-electron chi connectivity index (χ0n) is 7.36. The highest BCUT2D eigenvalue weighted by molar-refractivity contribution is 5.85. The number of carbonyl (C=O) groups excluding carboxylic acids is 2. The Morgan fingerprint density at radius 3 is 2.85 bits per heavy atom. The van der Waals surface area contributed by atoms with Gasteiger partial charge in [0.05, 0.1) is 0 Å². The average Bonchev–Trinajstić information content (AvgIpc) is 2.52. The molecule has 2 aliphatic rings. The second-order valence-corrected chi connectivity index (χ2v) is 3.66. The van der Waals surface area contributed by atoms with Crippen molar-refractivity contribution in [2.75, 3.05) is 0 Å². The maximum atomic E-state index is 11.1. The van der Waals surface area contributed by atoms with Crippen LogP contribution in [-0.2, 0) is 14.3 Å². The minimum Gasteiger partial charge on any atom is -0.455 e. The third kappa shape index (κ3) is 1.79. The molecule has 2 rings (SSSR count). The number of ether oxygens (including phenoxy) is 1. The first-order valence-electron chi connectivity index (χ1n) is 4.66. The third-order valence-corrected chi connectivity index (χ3v) is 2.66. The lowest BCUT2D eigenvalue weighted by molar-refractivity contribution is -0.142. The summed E-state index contributed by atoms with van der Waals surface area (Å²) in [4.78, 5) is 21.9. The van der Waals surface area contributed by atoms with Gasteiger partial charge in [-0.05, 0) is 18.9 Å². The molecule has 0 spiro atoms. The molecule has 1 fully saturated rings. The lowest BCUT2D eigenvalue weighted by Crippen LogP contribution is -2.26. The molecule has 1 saturated carbocycles. The average molecular weight is 180 g/mol. The van der Waals surface area contributed by atoms with Gasteiger partial charge in [-0.25, -0.2) is 4.79 Å². The lowest BCUT2D eigenvalue weighted by atomic mass is 9.84. The summed E-state index contributed by atoms with van der Waals surface area (Å²) in [6.45, 7) is 0. The fraction of sp³-hybridized carbons (Fsp3) is 0.600. The van der Waals surface area contributed by atoms with Crippen molar-refractivity contribution in [3.63, 3.8) is 0 Å². The predicted molar refractivity (Wildman–Crippen MR) is 46.0 cm³/mol. The number of hydrogen-bond donors (Lipinski definition) is 0. The molecule has 3 nitrogen and oxygen atoms in total. The van der Waals surface area contributed by atoms with E-state index in [1.165, 1.54) is 6.08 Å². The van der Waals surface area contributed by atoms with Crippen LogP contribution in [0.5, 0.6) is 0 Å². The molecule has 1 aliphatic carbocycles. The molecule has 13 heavy (non-hydrogen) atoms. The van der Waals surface area contributed by atoms with Gasteiger partial charge in [-0.3, -0.25) is 4.79 Å². The Morgan fingerprint density at radius 2 is 2.23 bits per heavy atom. The van der Waals surface area contributed by atoms with Crippen LogP contribution in [0.15, 0.2) is 12.2 Å². The molecule has 0 aromatic rings. The van der Waals surface area contributed by atoms with Crippen molar-refractivity contribution in [3.8, 4) is 0 Å². The van der Waals surface area contributed by atoms with E-state index in [4.69, 9.17) is 4.74 Å². The molecule has 1 heterocycles. The molecule has 0 radical (unpaired) electrons. The molecule has 0 aromatic heterocycles. The van der Waals surface area contributed by atoms with Crippen molar-refractivity contribution >= 4 is 11.8 Å². The fourth-order valence-corrected chi connectivity index (χ4v) is 1.98. The first kappa shape index (κ1) is 8.48. The van der Waals surface area contributed by atoms with Gasteiger partial charge in [0.2, 0.25) is 0 Å². The molecule has 0 amide bonds. The Balaban J connectivity index is 1.97. The molecule has 0 N–H and O–H groups in total. The quantitative estimate of drug-likeness (QED) is 0.570. The number of Topliss-reactive ketones (excluding diaryl/α,β-unsaturated/α-hetero) is 1. The Kier molecular flexibility index (Phi) is 2.17. The monoisotopic (exact) mass is 180 g/mol. The van der Waals surface area contributed by atoms with Gasteiger partial charge < -0.3 is 4.74 Å².